The Morgan fingerprint density at radius 1 is 0.286 bits per heavy atom. The van der Waals surface area contributed by atoms with Gasteiger partial charge in [0.05, 0.1) is 52.9 Å². The van der Waals surface area contributed by atoms with E-state index in [0.717, 1.165) is 26.1 Å². The Morgan fingerprint density at radius 2 is 0.536 bits per heavy atom. The second-order valence-electron chi connectivity index (χ2n) is 7.24. The Hall–Kier alpha value is -0.200. The Morgan fingerprint density at radius 3 is 0.857 bits per heavy atom. The average Bonchev–Trinajstić information content (AvgIpc) is 2.71. The standard InChI is InChI=1S/C23H48O5/c1-3-5-7-9-11-13-15-25-17-19-27-21-23-28-22-20-26-18-16-24-14-12-10-8-6-4-2/h3-23H2,1-2H3. The third-order valence-corrected chi connectivity index (χ3v) is 4.52. The highest BCUT2D eigenvalue weighted by molar-refractivity contribution is 4.44. The Balaban J connectivity index is 2.96. The van der Waals surface area contributed by atoms with E-state index in [1.54, 1.807) is 0 Å². The van der Waals surface area contributed by atoms with Crippen LogP contribution < -0.4 is 0 Å². The molecule has 0 saturated carbocycles. The molecular formula is C23H48O5. The first-order chi connectivity index (χ1) is 13.9. The van der Waals surface area contributed by atoms with Crippen molar-refractivity contribution in [3.63, 3.8) is 0 Å². The second kappa shape index (κ2) is 26.8. The van der Waals surface area contributed by atoms with E-state index in [2.05, 4.69) is 13.8 Å². The molecule has 0 aliphatic heterocycles. The van der Waals surface area contributed by atoms with Gasteiger partial charge in [0, 0.05) is 13.2 Å². The van der Waals surface area contributed by atoms with E-state index < -0.39 is 0 Å². The summed E-state index contributed by atoms with van der Waals surface area (Å²) in [7, 11) is 0. The monoisotopic (exact) mass is 404 g/mol. The van der Waals surface area contributed by atoms with Crippen molar-refractivity contribution in [2.75, 3.05) is 66.1 Å². The SMILES string of the molecule is CCCCCCCCOCCOCCOCCOCCOCCCCCCC. The molecule has 170 valence electrons. The largest absolute Gasteiger partial charge is 0.379 e. The molecule has 0 saturated heterocycles. The molecule has 0 N–H and O–H groups in total. The number of hydrogen-bond acceptors (Lipinski definition) is 5. The van der Waals surface area contributed by atoms with Crippen LogP contribution in [0.1, 0.15) is 84.5 Å². The summed E-state index contributed by atoms with van der Waals surface area (Å²) >= 11 is 0. The normalized spacial score (nSPS) is 11.4. The average molecular weight is 405 g/mol. The lowest BCUT2D eigenvalue weighted by Crippen LogP contribution is -2.13. The van der Waals surface area contributed by atoms with Gasteiger partial charge in [-0.3, -0.25) is 0 Å². The molecule has 0 unspecified atom stereocenters. The highest BCUT2D eigenvalue weighted by Gasteiger charge is 1.95. The lowest BCUT2D eigenvalue weighted by Gasteiger charge is -2.08. The van der Waals surface area contributed by atoms with Crippen molar-refractivity contribution >= 4 is 0 Å². The quantitative estimate of drug-likeness (QED) is 0.191. The predicted octanol–water partition coefficient (Wildman–Crippen LogP) is 5.40. The number of unbranched alkanes of at least 4 members (excludes halogenated alkanes) is 9. The van der Waals surface area contributed by atoms with Crippen LogP contribution in [0.25, 0.3) is 0 Å². The summed E-state index contributed by atoms with van der Waals surface area (Å²) in [6, 6.07) is 0. The predicted molar refractivity (Wildman–Crippen MR) is 116 cm³/mol. The first-order valence-corrected chi connectivity index (χ1v) is 11.8. The van der Waals surface area contributed by atoms with Crippen LogP contribution in [0.3, 0.4) is 0 Å². The molecular weight excluding hydrogens is 356 g/mol. The molecule has 0 aromatic heterocycles. The molecule has 28 heavy (non-hydrogen) atoms. The van der Waals surface area contributed by atoms with Crippen LogP contribution in [-0.2, 0) is 23.7 Å². The van der Waals surface area contributed by atoms with Gasteiger partial charge in [-0.05, 0) is 12.8 Å². The molecule has 0 amide bonds. The maximum absolute atomic E-state index is 5.57. The van der Waals surface area contributed by atoms with E-state index in [9.17, 15) is 0 Å². The molecule has 0 radical (unpaired) electrons. The van der Waals surface area contributed by atoms with E-state index in [4.69, 9.17) is 23.7 Å². The van der Waals surface area contributed by atoms with Crippen LogP contribution in [-0.4, -0.2) is 66.1 Å². The zero-order valence-corrected chi connectivity index (χ0v) is 18.9. The molecule has 0 bridgehead atoms. The molecule has 0 aromatic rings. The van der Waals surface area contributed by atoms with Gasteiger partial charge in [0.15, 0.2) is 0 Å². The van der Waals surface area contributed by atoms with E-state index in [1.807, 2.05) is 0 Å². The maximum atomic E-state index is 5.57. The van der Waals surface area contributed by atoms with Crippen molar-refractivity contribution < 1.29 is 23.7 Å². The summed E-state index contributed by atoms with van der Waals surface area (Å²) < 4.78 is 27.6. The lowest BCUT2D eigenvalue weighted by atomic mass is 10.1. The summed E-state index contributed by atoms with van der Waals surface area (Å²) in [5.74, 6) is 0. The fourth-order valence-corrected chi connectivity index (χ4v) is 2.77. The summed E-state index contributed by atoms with van der Waals surface area (Å²) in [5.41, 5.74) is 0. The molecule has 0 fully saturated rings. The Kier molecular flexibility index (Phi) is 26.6. The highest BCUT2D eigenvalue weighted by atomic mass is 16.6. The summed E-state index contributed by atoms with van der Waals surface area (Å²) in [6.45, 7) is 11.3. The van der Waals surface area contributed by atoms with Crippen molar-refractivity contribution in [3.8, 4) is 0 Å². The number of hydrogen-bond donors (Lipinski definition) is 0. The van der Waals surface area contributed by atoms with Crippen LogP contribution in [0, 0.1) is 0 Å². The maximum Gasteiger partial charge on any atom is 0.0701 e. The molecule has 0 atom stereocenters. The highest BCUT2D eigenvalue weighted by Crippen LogP contribution is 2.04. The van der Waals surface area contributed by atoms with Gasteiger partial charge in [-0.15, -0.1) is 0 Å². The van der Waals surface area contributed by atoms with Gasteiger partial charge in [0.1, 0.15) is 0 Å². The van der Waals surface area contributed by atoms with Crippen molar-refractivity contribution in [1.29, 1.82) is 0 Å². The van der Waals surface area contributed by atoms with E-state index in [-0.39, 0.29) is 0 Å². The van der Waals surface area contributed by atoms with Gasteiger partial charge in [-0.25, -0.2) is 0 Å². The third kappa shape index (κ3) is 25.8. The Bertz CT molecular complexity index is 237. The van der Waals surface area contributed by atoms with Crippen molar-refractivity contribution in [2.24, 2.45) is 0 Å². The zero-order valence-electron chi connectivity index (χ0n) is 18.9. The minimum atomic E-state index is 0.606. The van der Waals surface area contributed by atoms with Crippen molar-refractivity contribution in [3.05, 3.63) is 0 Å². The van der Waals surface area contributed by atoms with Crippen LogP contribution in [0.15, 0.2) is 0 Å². The fourth-order valence-electron chi connectivity index (χ4n) is 2.77. The van der Waals surface area contributed by atoms with Gasteiger partial charge < -0.3 is 23.7 Å². The van der Waals surface area contributed by atoms with Crippen LogP contribution >= 0.6 is 0 Å². The van der Waals surface area contributed by atoms with E-state index >= 15 is 0 Å². The van der Waals surface area contributed by atoms with Crippen LogP contribution in [0.2, 0.25) is 0 Å². The number of ether oxygens (including phenoxy) is 5. The molecule has 0 rings (SSSR count). The minimum Gasteiger partial charge on any atom is -0.379 e. The van der Waals surface area contributed by atoms with Gasteiger partial charge in [-0.1, -0.05) is 71.6 Å². The first kappa shape index (κ1) is 27.8. The molecule has 0 heterocycles. The van der Waals surface area contributed by atoms with Crippen molar-refractivity contribution in [2.45, 2.75) is 84.5 Å². The smallest absolute Gasteiger partial charge is 0.0701 e. The second-order valence-corrected chi connectivity index (χ2v) is 7.24. The zero-order chi connectivity index (χ0) is 20.4. The van der Waals surface area contributed by atoms with Crippen molar-refractivity contribution in [1.82, 2.24) is 0 Å². The van der Waals surface area contributed by atoms with Gasteiger partial charge in [-0.2, -0.15) is 0 Å². The van der Waals surface area contributed by atoms with Gasteiger partial charge in [0.25, 0.3) is 0 Å². The number of rotatable bonds is 25. The summed E-state index contributed by atoms with van der Waals surface area (Å²) in [5, 5.41) is 0. The summed E-state index contributed by atoms with van der Waals surface area (Å²) in [4.78, 5) is 0. The van der Waals surface area contributed by atoms with E-state index in [0.29, 0.717) is 52.9 Å². The van der Waals surface area contributed by atoms with Crippen LogP contribution in [0.5, 0.6) is 0 Å². The third-order valence-electron chi connectivity index (χ3n) is 4.52. The topological polar surface area (TPSA) is 46.2 Å². The molecule has 5 nitrogen and oxygen atoms in total. The van der Waals surface area contributed by atoms with Gasteiger partial charge in [0.2, 0.25) is 0 Å². The summed E-state index contributed by atoms with van der Waals surface area (Å²) in [6.07, 6.45) is 14.2. The molecule has 5 heteroatoms. The van der Waals surface area contributed by atoms with Crippen LogP contribution in [0.4, 0.5) is 0 Å². The molecule has 0 aliphatic rings. The fraction of sp³-hybridized carbons (Fsp3) is 1.00. The molecule has 0 aromatic carbocycles. The Labute approximate surface area is 174 Å². The first-order valence-electron chi connectivity index (χ1n) is 11.8. The molecule has 0 spiro atoms. The van der Waals surface area contributed by atoms with Gasteiger partial charge >= 0.3 is 0 Å². The minimum absolute atomic E-state index is 0.606. The van der Waals surface area contributed by atoms with E-state index in [1.165, 1.54) is 57.8 Å². The molecule has 0 aliphatic carbocycles. The lowest BCUT2D eigenvalue weighted by molar-refractivity contribution is -0.0114.